The van der Waals surface area contributed by atoms with E-state index in [4.69, 9.17) is 4.74 Å². The van der Waals surface area contributed by atoms with Gasteiger partial charge in [-0.1, -0.05) is 99.0 Å². The van der Waals surface area contributed by atoms with Gasteiger partial charge in [0, 0.05) is 38.3 Å². The van der Waals surface area contributed by atoms with Gasteiger partial charge in [0.15, 0.2) is 6.61 Å². The van der Waals surface area contributed by atoms with Crippen molar-refractivity contribution in [2.45, 2.75) is 32.7 Å². The van der Waals surface area contributed by atoms with Gasteiger partial charge < -0.3 is 15.2 Å². The highest BCUT2D eigenvalue weighted by atomic mass is 127. The second-order valence-corrected chi connectivity index (χ2v) is 15.9. The van der Waals surface area contributed by atoms with Crippen LogP contribution in [0.15, 0.2) is 30.3 Å². The number of para-hydroxylation sites is 1. The number of alkyl halides is 3. The Balaban J connectivity index is 1.84. The molecule has 1 saturated heterocycles. The molecule has 2 unspecified atom stereocenters. The summed E-state index contributed by atoms with van der Waals surface area (Å²) < 4.78 is 20.3. The van der Waals surface area contributed by atoms with E-state index in [0.717, 1.165) is 37.3 Å². The number of ether oxygens (including phenoxy) is 1. The van der Waals surface area contributed by atoms with Crippen LogP contribution in [0.25, 0.3) is 0 Å². The van der Waals surface area contributed by atoms with Gasteiger partial charge in [0.05, 0.1) is 15.4 Å². The molecular formula is C26H30FI3N2O4. The van der Waals surface area contributed by atoms with Crippen LogP contribution in [0, 0.1) is 25.6 Å². The largest absolute Gasteiger partial charge is 0.485 e. The zero-order valence-corrected chi connectivity index (χ0v) is 26.9. The van der Waals surface area contributed by atoms with E-state index >= 15 is 4.39 Å². The molecule has 0 radical (unpaired) electrons. The molecule has 0 bridgehead atoms. The van der Waals surface area contributed by atoms with Crippen LogP contribution < -0.4 is 10.1 Å². The number of Topliss-reactive ketones (excluding diaryl/α,β-unsaturated/α-hetero) is 1. The SMILES string of the molecule is Cc1cc(CN2CCNCC2)c(C)c(C(=O)COc2ccccc2C(I)(I)C(I)C(C)C(=O)O)c1F. The number of carboxylic acid groups (broad SMARTS) is 1. The minimum atomic E-state index is -0.872. The summed E-state index contributed by atoms with van der Waals surface area (Å²) in [4.78, 5) is 27.2. The molecule has 3 rings (SSSR count). The molecule has 0 saturated carbocycles. The van der Waals surface area contributed by atoms with Gasteiger partial charge in [-0.05, 0) is 36.6 Å². The van der Waals surface area contributed by atoms with Gasteiger partial charge in [-0.15, -0.1) is 0 Å². The summed E-state index contributed by atoms with van der Waals surface area (Å²) >= 11 is 6.63. The monoisotopic (exact) mass is 834 g/mol. The number of carbonyl (C=O) groups excluding carboxylic acids is 1. The fourth-order valence-electron chi connectivity index (χ4n) is 4.23. The van der Waals surface area contributed by atoms with E-state index in [9.17, 15) is 14.7 Å². The van der Waals surface area contributed by atoms with Crippen molar-refractivity contribution < 1.29 is 23.8 Å². The second kappa shape index (κ2) is 13.0. The first-order chi connectivity index (χ1) is 16.9. The van der Waals surface area contributed by atoms with Crippen molar-refractivity contribution in [1.29, 1.82) is 0 Å². The molecule has 1 fully saturated rings. The van der Waals surface area contributed by atoms with Crippen LogP contribution in [-0.2, 0) is 12.8 Å². The zero-order valence-electron chi connectivity index (χ0n) is 20.4. The van der Waals surface area contributed by atoms with Gasteiger partial charge in [0.25, 0.3) is 0 Å². The first kappa shape index (κ1) is 30.0. The van der Waals surface area contributed by atoms with E-state index in [1.165, 1.54) is 0 Å². The van der Waals surface area contributed by atoms with Crippen molar-refractivity contribution in [2.75, 3.05) is 32.8 Å². The van der Waals surface area contributed by atoms with Crippen LogP contribution in [0.4, 0.5) is 4.39 Å². The fraction of sp³-hybridized carbons (Fsp3) is 0.462. The van der Waals surface area contributed by atoms with Gasteiger partial charge in [-0.3, -0.25) is 14.5 Å². The molecule has 2 atom stereocenters. The summed E-state index contributed by atoms with van der Waals surface area (Å²) in [7, 11) is 0. The number of nitrogens with zero attached hydrogens (tertiary/aromatic N) is 1. The number of ketones is 1. The van der Waals surface area contributed by atoms with E-state index in [-0.39, 0.29) is 16.1 Å². The molecule has 0 aliphatic carbocycles. The summed E-state index contributed by atoms with van der Waals surface area (Å²) in [6.07, 6.45) is 0. The Morgan fingerprint density at radius 3 is 2.50 bits per heavy atom. The van der Waals surface area contributed by atoms with Crippen LogP contribution in [0.3, 0.4) is 0 Å². The van der Waals surface area contributed by atoms with Gasteiger partial charge in [0.2, 0.25) is 5.78 Å². The van der Waals surface area contributed by atoms with E-state index in [1.54, 1.807) is 32.9 Å². The van der Waals surface area contributed by atoms with Crippen molar-refractivity contribution >= 4 is 79.5 Å². The molecule has 10 heteroatoms. The number of rotatable bonds is 10. The maximum absolute atomic E-state index is 15.2. The number of piperazine rings is 1. The highest BCUT2D eigenvalue weighted by Gasteiger charge is 2.41. The van der Waals surface area contributed by atoms with Crippen molar-refractivity contribution in [3.05, 3.63) is 64.0 Å². The van der Waals surface area contributed by atoms with Crippen molar-refractivity contribution in [3.8, 4) is 5.75 Å². The number of aryl methyl sites for hydroxylation is 1. The molecule has 1 aliphatic heterocycles. The lowest BCUT2D eigenvalue weighted by molar-refractivity contribution is -0.140. The van der Waals surface area contributed by atoms with Gasteiger partial charge in [-0.2, -0.15) is 0 Å². The number of hydrogen-bond donors (Lipinski definition) is 2. The Morgan fingerprint density at radius 1 is 1.22 bits per heavy atom. The van der Waals surface area contributed by atoms with Crippen LogP contribution in [0.2, 0.25) is 0 Å². The zero-order chi connectivity index (χ0) is 26.6. The summed E-state index contributed by atoms with van der Waals surface area (Å²) in [5.41, 5.74) is 2.92. The van der Waals surface area contributed by atoms with Gasteiger partial charge >= 0.3 is 5.97 Å². The molecule has 2 aromatic carbocycles. The number of carboxylic acids is 1. The third kappa shape index (κ3) is 6.89. The molecule has 36 heavy (non-hydrogen) atoms. The predicted molar refractivity (Wildman–Crippen MR) is 165 cm³/mol. The fourth-order valence-corrected chi connectivity index (χ4v) is 6.85. The number of carbonyl (C=O) groups is 2. The number of aliphatic carboxylic acids is 1. The molecule has 0 spiro atoms. The Kier molecular flexibility index (Phi) is 10.8. The summed E-state index contributed by atoms with van der Waals surface area (Å²) in [5.74, 6) is -1.89. The van der Waals surface area contributed by atoms with E-state index in [0.29, 0.717) is 23.4 Å². The Hall–Kier alpha value is -0.580. The lowest BCUT2D eigenvalue weighted by Gasteiger charge is -2.31. The van der Waals surface area contributed by atoms with Crippen LogP contribution in [0.1, 0.15) is 39.5 Å². The summed E-state index contributed by atoms with van der Waals surface area (Å²) in [6.45, 7) is 9.17. The topological polar surface area (TPSA) is 78.9 Å². The third-order valence-electron chi connectivity index (χ3n) is 6.48. The molecule has 0 amide bonds. The van der Waals surface area contributed by atoms with Crippen LogP contribution in [-0.4, -0.2) is 58.5 Å². The molecule has 196 valence electrons. The van der Waals surface area contributed by atoms with Crippen molar-refractivity contribution in [1.82, 2.24) is 10.2 Å². The van der Waals surface area contributed by atoms with Gasteiger partial charge in [-0.25, -0.2) is 4.39 Å². The van der Waals surface area contributed by atoms with Crippen molar-refractivity contribution in [3.63, 3.8) is 0 Å². The Bertz CT molecular complexity index is 1120. The first-order valence-corrected chi connectivity index (χ1v) is 15.1. The molecule has 2 aromatic rings. The maximum atomic E-state index is 15.2. The summed E-state index contributed by atoms with van der Waals surface area (Å²) in [5, 5.41) is 12.8. The molecule has 1 aliphatic rings. The lowest BCUT2D eigenvalue weighted by atomic mass is 9.95. The van der Waals surface area contributed by atoms with Crippen LogP contribution >= 0.6 is 67.8 Å². The third-order valence-corrected chi connectivity index (χ3v) is 13.4. The molecule has 6 nitrogen and oxygen atoms in total. The average molecular weight is 834 g/mol. The highest BCUT2D eigenvalue weighted by molar-refractivity contribution is 14.2. The Morgan fingerprint density at radius 2 is 1.86 bits per heavy atom. The first-order valence-electron chi connectivity index (χ1n) is 11.7. The van der Waals surface area contributed by atoms with Gasteiger partial charge in [0.1, 0.15) is 13.0 Å². The molecule has 1 heterocycles. The van der Waals surface area contributed by atoms with E-state index in [2.05, 4.69) is 78.0 Å². The second-order valence-electron chi connectivity index (χ2n) is 9.05. The van der Waals surface area contributed by atoms with E-state index < -0.39 is 24.9 Å². The summed E-state index contributed by atoms with van der Waals surface area (Å²) in [6, 6.07) is 9.14. The maximum Gasteiger partial charge on any atom is 0.307 e. The predicted octanol–water partition coefficient (Wildman–Crippen LogP) is 5.66. The highest BCUT2D eigenvalue weighted by Crippen LogP contribution is 2.51. The number of benzene rings is 2. The number of hydrogen-bond acceptors (Lipinski definition) is 5. The minimum absolute atomic E-state index is 0.0825. The standard InChI is InChI=1S/C26H30FI3N2O4/c1-15-12-18(13-32-10-8-31-9-11-32)16(2)22(23(15)27)20(33)14-36-21-7-5-4-6-19(21)26(29,30)24(28)17(3)25(34)35/h4-7,12,17,24,31H,8-11,13-14H2,1-3H3,(H,34,35). The molecule has 0 aromatic heterocycles. The van der Waals surface area contributed by atoms with Crippen molar-refractivity contribution in [2.24, 2.45) is 5.92 Å². The lowest BCUT2D eigenvalue weighted by Crippen LogP contribution is -2.43. The number of nitrogens with one attached hydrogen (secondary N) is 1. The molecular weight excluding hydrogens is 804 g/mol. The van der Waals surface area contributed by atoms with Crippen LogP contribution in [0.5, 0.6) is 5.75 Å². The van der Waals surface area contributed by atoms with E-state index in [1.807, 2.05) is 18.2 Å². The Labute approximate surface area is 252 Å². The average Bonchev–Trinajstić information content (AvgIpc) is 2.85. The minimum Gasteiger partial charge on any atom is -0.485 e. The normalized spacial score (nSPS) is 16.4. The number of halogens is 4. The molecule has 2 N–H and O–H groups in total. The quantitative estimate of drug-likeness (QED) is 0.183. The smallest absolute Gasteiger partial charge is 0.307 e.